The molecule has 1 fully saturated rings. The normalized spacial score (nSPS) is 16.5. The summed E-state index contributed by atoms with van der Waals surface area (Å²) in [5.74, 6) is 2.19. The second kappa shape index (κ2) is 8.65. The Kier molecular flexibility index (Phi) is 5.79. The van der Waals surface area contributed by atoms with Crippen molar-refractivity contribution in [1.82, 2.24) is 20.0 Å². The maximum Gasteiger partial charge on any atom is 0.227 e. The highest BCUT2D eigenvalue weighted by atomic mass is 16.5. The predicted octanol–water partition coefficient (Wildman–Crippen LogP) is 4.05. The number of nitrogens with zero attached hydrogens (tertiary/aromatic N) is 4. The van der Waals surface area contributed by atoms with Gasteiger partial charge in [-0.05, 0) is 50.8 Å². The first-order valence-electron chi connectivity index (χ1n) is 10.2. The van der Waals surface area contributed by atoms with E-state index in [9.17, 15) is 4.79 Å². The summed E-state index contributed by atoms with van der Waals surface area (Å²) in [6.45, 7) is 4.47. The van der Waals surface area contributed by atoms with Gasteiger partial charge in [0, 0.05) is 18.8 Å². The van der Waals surface area contributed by atoms with Crippen molar-refractivity contribution < 1.29 is 14.1 Å². The van der Waals surface area contributed by atoms with Crippen molar-refractivity contribution in [2.75, 3.05) is 13.7 Å². The van der Waals surface area contributed by atoms with Crippen LogP contribution in [0.3, 0.4) is 0 Å². The van der Waals surface area contributed by atoms with E-state index in [0.29, 0.717) is 18.0 Å². The lowest BCUT2D eigenvalue weighted by atomic mass is 9.94. The van der Waals surface area contributed by atoms with E-state index in [-0.39, 0.29) is 11.9 Å². The summed E-state index contributed by atoms with van der Waals surface area (Å²) in [5.41, 5.74) is 3.40. The summed E-state index contributed by atoms with van der Waals surface area (Å²) in [7, 11) is 1.63. The maximum absolute atomic E-state index is 13.3. The number of carbonyl (C=O) groups is 1. The molecule has 1 aliphatic rings. The molecule has 0 radical (unpaired) electrons. The van der Waals surface area contributed by atoms with Gasteiger partial charge in [-0.2, -0.15) is 0 Å². The highest BCUT2D eigenvalue weighted by Gasteiger charge is 2.32. The number of aromatic nitrogens is 3. The van der Waals surface area contributed by atoms with Gasteiger partial charge in [0.25, 0.3) is 0 Å². The average Bonchev–Trinajstić information content (AvgIpc) is 3.20. The number of benzene rings is 1. The van der Waals surface area contributed by atoms with Crippen LogP contribution >= 0.6 is 0 Å². The van der Waals surface area contributed by atoms with Crippen molar-refractivity contribution >= 4 is 5.91 Å². The molecule has 0 bridgehead atoms. The number of hydrogen-bond acceptors (Lipinski definition) is 6. The van der Waals surface area contributed by atoms with Crippen LogP contribution in [0, 0.1) is 13.8 Å². The number of aryl methyl sites for hydroxylation is 2. The molecule has 0 spiro atoms. The van der Waals surface area contributed by atoms with Gasteiger partial charge < -0.3 is 14.2 Å². The molecule has 2 aromatic heterocycles. The predicted molar refractivity (Wildman–Crippen MR) is 112 cm³/mol. The second-order valence-electron chi connectivity index (χ2n) is 7.67. The number of methoxy groups -OCH3 is 1. The summed E-state index contributed by atoms with van der Waals surface area (Å²) in [6.07, 6.45) is 5.03. The summed E-state index contributed by atoms with van der Waals surface area (Å²) < 4.78 is 10.7. The third kappa shape index (κ3) is 4.20. The first kappa shape index (κ1) is 20.1. The van der Waals surface area contributed by atoms with E-state index in [2.05, 4.69) is 10.1 Å². The molecular weight excluding hydrogens is 380 g/mol. The van der Waals surface area contributed by atoms with Gasteiger partial charge in [-0.25, -0.2) is 9.97 Å². The van der Waals surface area contributed by atoms with Gasteiger partial charge in [0.05, 0.1) is 36.5 Å². The molecule has 0 aliphatic carbocycles. The van der Waals surface area contributed by atoms with Crippen molar-refractivity contribution in [2.24, 2.45) is 0 Å². The Morgan fingerprint density at radius 3 is 2.73 bits per heavy atom. The van der Waals surface area contributed by atoms with Crippen LogP contribution in [0.1, 0.15) is 48.1 Å². The largest absolute Gasteiger partial charge is 0.497 e. The second-order valence-corrected chi connectivity index (χ2v) is 7.67. The van der Waals surface area contributed by atoms with Gasteiger partial charge in [-0.3, -0.25) is 4.79 Å². The average molecular weight is 406 g/mol. The van der Waals surface area contributed by atoms with Crippen LogP contribution < -0.4 is 4.74 Å². The molecule has 0 unspecified atom stereocenters. The molecule has 7 heteroatoms. The minimum absolute atomic E-state index is 0.0980. The summed E-state index contributed by atoms with van der Waals surface area (Å²) >= 11 is 0. The van der Waals surface area contributed by atoms with Crippen molar-refractivity contribution in [3.8, 4) is 17.1 Å². The molecule has 7 nitrogen and oxygen atoms in total. The van der Waals surface area contributed by atoms with Crippen LogP contribution in [0.4, 0.5) is 0 Å². The van der Waals surface area contributed by atoms with Gasteiger partial charge in [0.2, 0.25) is 5.91 Å². The lowest BCUT2D eigenvalue weighted by Crippen LogP contribution is -2.40. The fourth-order valence-corrected chi connectivity index (χ4v) is 3.96. The monoisotopic (exact) mass is 406 g/mol. The highest BCUT2D eigenvalue weighted by Crippen LogP contribution is 2.36. The Bertz CT molecular complexity index is 1030. The van der Waals surface area contributed by atoms with Crippen LogP contribution in [-0.2, 0) is 11.2 Å². The smallest absolute Gasteiger partial charge is 0.227 e. The first-order valence-corrected chi connectivity index (χ1v) is 10.2. The van der Waals surface area contributed by atoms with Crippen molar-refractivity contribution in [3.63, 3.8) is 0 Å². The van der Waals surface area contributed by atoms with Gasteiger partial charge >= 0.3 is 0 Å². The van der Waals surface area contributed by atoms with E-state index < -0.39 is 0 Å². The molecule has 30 heavy (non-hydrogen) atoms. The molecule has 156 valence electrons. The molecule has 3 heterocycles. The number of carbonyl (C=O) groups excluding carboxylic acids is 1. The minimum Gasteiger partial charge on any atom is -0.497 e. The Hall–Kier alpha value is -3.22. The van der Waals surface area contributed by atoms with Crippen LogP contribution in [0.2, 0.25) is 0 Å². The van der Waals surface area contributed by atoms with E-state index >= 15 is 0 Å². The number of piperidine rings is 1. The van der Waals surface area contributed by atoms with Gasteiger partial charge in [-0.1, -0.05) is 17.3 Å². The molecule has 1 aromatic carbocycles. The zero-order valence-corrected chi connectivity index (χ0v) is 17.6. The summed E-state index contributed by atoms with van der Waals surface area (Å²) in [4.78, 5) is 24.3. The zero-order chi connectivity index (χ0) is 21.1. The summed E-state index contributed by atoms with van der Waals surface area (Å²) in [5, 5.41) is 4.00. The quantitative estimate of drug-likeness (QED) is 0.636. The molecule has 1 aliphatic heterocycles. The van der Waals surface area contributed by atoms with Crippen LogP contribution in [0.5, 0.6) is 5.75 Å². The van der Waals surface area contributed by atoms with Crippen molar-refractivity contribution in [1.29, 1.82) is 0 Å². The van der Waals surface area contributed by atoms with E-state index in [1.165, 1.54) is 0 Å². The fraction of sp³-hybridized carbons (Fsp3) is 0.391. The van der Waals surface area contributed by atoms with Gasteiger partial charge in [0.1, 0.15) is 11.6 Å². The van der Waals surface area contributed by atoms with Gasteiger partial charge in [-0.15, -0.1) is 0 Å². The number of amides is 1. The minimum atomic E-state index is -0.105. The molecule has 3 aromatic rings. The molecule has 0 saturated carbocycles. The Morgan fingerprint density at radius 2 is 2.03 bits per heavy atom. The van der Waals surface area contributed by atoms with E-state index in [0.717, 1.165) is 54.1 Å². The number of likely N-dealkylation sites (tertiary alicyclic amines) is 1. The fourth-order valence-electron chi connectivity index (χ4n) is 3.96. The molecule has 4 rings (SSSR count). The van der Waals surface area contributed by atoms with E-state index in [4.69, 9.17) is 14.2 Å². The molecule has 1 atom stereocenters. The Balaban J connectivity index is 1.63. The van der Waals surface area contributed by atoms with Crippen LogP contribution in [-0.4, -0.2) is 39.6 Å². The molecule has 0 N–H and O–H groups in total. The Labute approximate surface area is 176 Å². The van der Waals surface area contributed by atoms with Gasteiger partial charge in [0.15, 0.2) is 5.76 Å². The molecular formula is C23H26N4O3. The number of ether oxygens (including phenoxy) is 1. The number of hydrogen-bond donors (Lipinski definition) is 0. The zero-order valence-electron chi connectivity index (χ0n) is 17.6. The lowest BCUT2D eigenvalue weighted by Gasteiger charge is -2.36. The highest BCUT2D eigenvalue weighted by molar-refractivity contribution is 5.79. The van der Waals surface area contributed by atoms with E-state index in [1.807, 2.05) is 49.1 Å². The SMILES string of the molecule is COc1ccc(CC(=O)N2CCCC[C@H]2c2nc(C)ncc2-c2cc(C)no2)cc1. The van der Waals surface area contributed by atoms with Crippen LogP contribution in [0.25, 0.3) is 11.3 Å². The molecule has 1 saturated heterocycles. The molecule has 1 amide bonds. The van der Waals surface area contributed by atoms with Crippen molar-refractivity contribution in [2.45, 2.75) is 45.6 Å². The third-order valence-electron chi connectivity index (χ3n) is 5.49. The maximum atomic E-state index is 13.3. The third-order valence-corrected chi connectivity index (χ3v) is 5.49. The van der Waals surface area contributed by atoms with Crippen molar-refractivity contribution in [3.05, 3.63) is 59.3 Å². The Morgan fingerprint density at radius 1 is 1.23 bits per heavy atom. The van der Waals surface area contributed by atoms with Crippen LogP contribution in [0.15, 0.2) is 41.1 Å². The number of rotatable bonds is 5. The van der Waals surface area contributed by atoms with E-state index in [1.54, 1.807) is 13.3 Å². The summed E-state index contributed by atoms with van der Waals surface area (Å²) in [6, 6.07) is 9.42. The standard InChI is InChI=1S/C23H26N4O3/c1-15-12-21(30-26-15)19-14-24-16(2)25-23(19)20-6-4-5-11-27(20)22(28)13-17-7-9-18(29-3)10-8-17/h7-10,12,14,20H,4-6,11,13H2,1-3H3/t20-/m0/s1. The topological polar surface area (TPSA) is 81.4 Å². The first-order chi connectivity index (χ1) is 14.5. The lowest BCUT2D eigenvalue weighted by molar-refractivity contribution is -0.134.